The van der Waals surface area contributed by atoms with Gasteiger partial charge in [-0.15, -0.1) is 0 Å². The summed E-state index contributed by atoms with van der Waals surface area (Å²) in [4.78, 5) is 11.6. The van der Waals surface area contributed by atoms with E-state index in [9.17, 15) is 4.79 Å². The molecule has 106 valence electrons. The molecule has 19 heavy (non-hydrogen) atoms. The minimum atomic E-state index is -0.0880. The fraction of sp³-hybridized carbons (Fsp3) is 0.462. The Morgan fingerprint density at radius 2 is 2.16 bits per heavy atom. The molecule has 1 amide bonds. The summed E-state index contributed by atoms with van der Waals surface area (Å²) in [6.45, 7) is 1.40. The Labute approximate surface area is 118 Å². The fourth-order valence-electron chi connectivity index (χ4n) is 1.45. The summed E-state index contributed by atoms with van der Waals surface area (Å²) in [5.41, 5.74) is 0.674. The molecule has 0 unspecified atom stereocenters. The molecule has 0 aliphatic heterocycles. The van der Waals surface area contributed by atoms with Crippen molar-refractivity contribution < 1.29 is 14.3 Å². The van der Waals surface area contributed by atoms with E-state index in [2.05, 4.69) is 10.6 Å². The average Bonchev–Trinajstić information content (AvgIpc) is 2.43. The van der Waals surface area contributed by atoms with Crippen LogP contribution in [0, 0.1) is 0 Å². The van der Waals surface area contributed by atoms with Gasteiger partial charge < -0.3 is 20.1 Å². The zero-order valence-corrected chi connectivity index (χ0v) is 11.9. The normalized spacial score (nSPS) is 10.1. The van der Waals surface area contributed by atoms with Gasteiger partial charge in [0.15, 0.2) is 0 Å². The monoisotopic (exact) mass is 286 g/mol. The highest BCUT2D eigenvalue weighted by Gasteiger charge is 2.05. The van der Waals surface area contributed by atoms with Crippen LogP contribution in [0.5, 0.6) is 5.75 Å². The lowest BCUT2D eigenvalue weighted by atomic mass is 10.3. The van der Waals surface area contributed by atoms with E-state index >= 15 is 0 Å². The number of ether oxygens (including phenoxy) is 2. The van der Waals surface area contributed by atoms with Gasteiger partial charge in [0.2, 0.25) is 5.91 Å². The first-order chi connectivity index (χ1) is 9.17. The van der Waals surface area contributed by atoms with Crippen LogP contribution in [0.1, 0.15) is 6.42 Å². The average molecular weight is 287 g/mol. The number of carbonyl (C=O) groups excluding carboxylic acids is 1. The molecule has 0 saturated heterocycles. The smallest absolute Gasteiger partial charge is 0.239 e. The molecular formula is C13H19ClN2O3. The molecule has 0 heterocycles. The molecule has 1 aromatic rings. The van der Waals surface area contributed by atoms with E-state index in [0.29, 0.717) is 29.6 Å². The number of rotatable bonds is 8. The number of methoxy groups -OCH3 is 2. The molecule has 1 aromatic carbocycles. The molecule has 0 atom stereocenters. The van der Waals surface area contributed by atoms with Crippen LogP contribution in [0.2, 0.25) is 5.02 Å². The van der Waals surface area contributed by atoms with E-state index in [1.54, 1.807) is 32.4 Å². The molecule has 0 fully saturated rings. The van der Waals surface area contributed by atoms with Gasteiger partial charge in [0, 0.05) is 26.3 Å². The van der Waals surface area contributed by atoms with Crippen LogP contribution >= 0.6 is 11.6 Å². The summed E-state index contributed by atoms with van der Waals surface area (Å²) in [7, 11) is 3.21. The van der Waals surface area contributed by atoms with Crippen molar-refractivity contribution in [1.82, 2.24) is 5.32 Å². The third kappa shape index (κ3) is 5.81. The summed E-state index contributed by atoms with van der Waals surface area (Å²) < 4.78 is 9.99. The lowest BCUT2D eigenvalue weighted by Crippen LogP contribution is -2.31. The molecule has 0 saturated carbocycles. The van der Waals surface area contributed by atoms with Crippen molar-refractivity contribution >= 4 is 23.2 Å². The second-order valence-electron chi connectivity index (χ2n) is 3.90. The standard InChI is InChI=1S/C13H19ClN2O3/c1-18-7-3-6-15-13(17)9-16-12-8-10(19-2)4-5-11(12)14/h4-5,8,16H,3,6-7,9H2,1-2H3,(H,15,17). The highest BCUT2D eigenvalue weighted by Crippen LogP contribution is 2.26. The molecule has 0 bridgehead atoms. The third-order valence-electron chi connectivity index (χ3n) is 2.46. The van der Waals surface area contributed by atoms with E-state index in [0.717, 1.165) is 6.42 Å². The predicted molar refractivity (Wildman–Crippen MR) is 76.0 cm³/mol. The number of nitrogens with one attached hydrogen (secondary N) is 2. The highest BCUT2D eigenvalue weighted by atomic mass is 35.5. The Bertz CT molecular complexity index is 413. The topological polar surface area (TPSA) is 59.6 Å². The molecule has 5 nitrogen and oxygen atoms in total. The molecule has 6 heteroatoms. The fourth-order valence-corrected chi connectivity index (χ4v) is 1.63. The second-order valence-corrected chi connectivity index (χ2v) is 4.30. The minimum absolute atomic E-state index is 0.0880. The number of carbonyl (C=O) groups is 1. The van der Waals surface area contributed by atoms with E-state index in [1.165, 1.54) is 0 Å². The van der Waals surface area contributed by atoms with Crippen molar-refractivity contribution in [2.75, 3.05) is 39.2 Å². The summed E-state index contributed by atoms with van der Waals surface area (Å²) in [6.07, 6.45) is 0.794. The quantitative estimate of drug-likeness (QED) is 0.717. The first kappa shape index (κ1) is 15.6. The Kier molecular flexibility index (Phi) is 7.07. The minimum Gasteiger partial charge on any atom is -0.497 e. The molecule has 0 radical (unpaired) electrons. The van der Waals surface area contributed by atoms with Gasteiger partial charge in [0.1, 0.15) is 5.75 Å². The first-order valence-electron chi connectivity index (χ1n) is 6.00. The molecule has 1 rings (SSSR count). The molecule has 0 aromatic heterocycles. The van der Waals surface area contributed by atoms with Crippen molar-refractivity contribution in [2.45, 2.75) is 6.42 Å². The largest absolute Gasteiger partial charge is 0.497 e. The van der Waals surface area contributed by atoms with Gasteiger partial charge >= 0.3 is 0 Å². The van der Waals surface area contributed by atoms with Gasteiger partial charge in [-0.1, -0.05) is 11.6 Å². The number of halogens is 1. The van der Waals surface area contributed by atoms with Gasteiger partial charge in [-0.25, -0.2) is 0 Å². The zero-order valence-electron chi connectivity index (χ0n) is 11.2. The van der Waals surface area contributed by atoms with Crippen LogP contribution in [0.3, 0.4) is 0 Å². The van der Waals surface area contributed by atoms with Gasteiger partial charge in [0.25, 0.3) is 0 Å². The van der Waals surface area contributed by atoms with Crippen molar-refractivity contribution in [1.29, 1.82) is 0 Å². The van der Waals surface area contributed by atoms with E-state index < -0.39 is 0 Å². The Balaban J connectivity index is 2.37. The van der Waals surface area contributed by atoms with E-state index in [4.69, 9.17) is 21.1 Å². The number of benzene rings is 1. The summed E-state index contributed by atoms with van der Waals surface area (Å²) in [6, 6.07) is 5.23. The number of anilines is 1. The van der Waals surface area contributed by atoms with Crippen LogP contribution in [0.25, 0.3) is 0 Å². The van der Waals surface area contributed by atoms with Crippen molar-refractivity contribution in [3.05, 3.63) is 23.2 Å². The number of hydrogen-bond acceptors (Lipinski definition) is 4. The van der Waals surface area contributed by atoms with E-state index in [-0.39, 0.29) is 12.5 Å². The van der Waals surface area contributed by atoms with Crippen LogP contribution in [-0.4, -0.2) is 39.8 Å². The van der Waals surface area contributed by atoms with Gasteiger partial charge in [-0.3, -0.25) is 4.79 Å². The lowest BCUT2D eigenvalue weighted by Gasteiger charge is -2.10. The lowest BCUT2D eigenvalue weighted by molar-refractivity contribution is -0.119. The maximum absolute atomic E-state index is 11.6. The van der Waals surface area contributed by atoms with Crippen LogP contribution in [-0.2, 0) is 9.53 Å². The predicted octanol–water partition coefficient (Wildman–Crippen LogP) is 1.91. The molecule has 0 aliphatic carbocycles. The van der Waals surface area contributed by atoms with Crippen molar-refractivity contribution in [2.24, 2.45) is 0 Å². The van der Waals surface area contributed by atoms with E-state index in [1.807, 2.05) is 0 Å². The Morgan fingerprint density at radius 3 is 2.84 bits per heavy atom. The maximum Gasteiger partial charge on any atom is 0.239 e. The van der Waals surface area contributed by atoms with Gasteiger partial charge in [0.05, 0.1) is 24.4 Å². The van der Waals surface area contributed by atoms with Crippen LogP contribution in [0.15, 0.2) is 18.2 Å². The first-order valence-corrected chi connectivity index (χ1v) is 6.38. The summed E-state index contributed by atoms with van der Waals surface area (Å²) in [5.74, 6) is 0.599. The molecule has 0 aliphatic rings. The number of amides is 1. The SMILES string of the molecule is COCCCNC(=O)CNc1cc(OC)ccc1Cl. The second kappa shape index (κ2) is 8.61. The summed E-state index contributed by atoms with van der Waals surface area (Å²) in [5, 5.41) is 6.30. The van der Waals surface area contributed by atoms with Crippen LogP contribution < -0.4 is 15.4 Å². The zero-order chi connectivity index (χ0) is 14.1. The molecule has 2 N–H and O–H groups in total. The van der Waals surface area contributed by atoms with Crippen molar-refractivity contribution in [3.8, 4) is 5.75 Å². The Morgan fingerprint density at radius 1 is 1.37 bits per heavy atom. The molecular weight excluding hydrogens is 268 g/mol. The Hall–Kier alpha value is -1.46. The van der Waals surface area contributed by atoms with Crippen LogP contribution in [0.4, 0.5) is 5.69 Å². The van der Waals surface area contributed by atoms with Gasteiger partial charge in [-0.05, 0) is 18.6 Å². The third-order valence-corrected chi connectivity index (χ3v) is 2.79. The van der Waals surface area contributed by atoms with Gasteiger partial charge in [-0.2, -0.15) is 0 Å². The maximum atomic E-state index is 11.6. The van der Waals surface area contributed by atoms with Crippen molar-refractivity contribution in [3.63, 3.8) is 0 Å². The number of hydrogen-bond donors (Lipinski definition) is 2. The summed E-state index contributed by atoms with van der Waals surface area (Å²) >= 11 is 6.02. The highest BCUT2D eigenvalue weighted by molar-refractivity contribution is 6.33. The molecule has 0 spiro atoms.